The van der Waals surface area contributed by atoms with Gasteiger partial charge in [0.25, 0.3) is 0 Å². The van der Waals surface area contributed by atoms with E-state index in [2.05, 4.69) is 0 Å². The molecule has 1 rings (SSSR count). The van der Waals surface area contributed by atoms with E-state index in [0.29, 0.717) is 10.8 Å². The zero-order valence-corrected chi connectivity index (χ0v) is 11.5. The monoisotopic (exact) mass is 242 g/mol. The van der Waals surface area contributed by atoms with Crippen molar-refractivity contribution in [3.63, 3.8) is 0 Å². The highest BCUT2D eigenvalue weighted by molar-refractivity contribution is 6.33. The molecule has 1 aromatic rings. The van der Waals surface area contributed by atoms with Gasteiger partial charge in [0, 0.05) is 0 Å². The molecule has 1 aromatic carbocycles. The maximum Gasteiger partial charge on any atom is 0.140 e. The number of aliphatic hydroxyl groups is 1. The number of ether oxygens (including phenoxy) is 1. The standard InChI is InChI=1S/C13H19ClO2/c1-7-8(2)12(16-6)11(14)9(3)10(7)13(4,5)15/h15H,1-6H3. The molecule has 90 valence electrons. The van der Waals surface area contributed by atoms with E-state index in [1.165, 1.54) is 0 Å². The summed E-state index contributed by atoms with van der Waals surface area (Å²) in [5, 5.41) is 10.7. The number of methoxy groups -OCH3 is 1. The second-order valence-corrected chi connectivity index (χ2v) is 5.03. The highest BCUT2D eigenvalue weighted by Gasteiger charge is 2.26. The van der Waals surface area contributed by atoms with Crippen molar-refractivity contribution in [2.75, 3.05) is 7.11 Å². The van der Waals surface area contributed by atoms with Crippen LogP contribution < -0.4 is 4.74 Å². The summed E-state index contributed by atoms with van der Waals surface area (Å²) in [5.41, 5.74) is 2.89. The molecule has 0 unspecified atom stereocenters. The van der Waals surface area contributed by atoms with Crippen molar-refractivity contribution in [2.45, 2.75) is 40.2 Å². The summed E-state index contributed by atoms with van der Waals surface area (Å²) in [5.74, 6) is 0.699. The predicted molar refractivity (Wildman–Crippen MR) is 67.5 cm³/mol. The average Bonchev–Trinajstić information content (AvgIpc) is 2.14. The third-order valence-electron chi connectivity index (χ3n) is 3.00. The van der Waals surface area contributed by atoms with E-state index in [0.717, 1.165) is 22.3 Å². The number of hydrogen-bond acceptors (Lipinski definition) is 2. The summed E-state index contributed by atoms with van der Waals surface area (Å²) < 4.78 is 5.29. The van der Waals surface area contributed by atoms with Crippen LogP contribution in [0.2, 0.25) is 5.02 Å². The summed E-state index contributed by atoms with van der Waals surface area (Å²) in [6.45, 7) is 9.38. The van der Waals surface area contributed by atoms with Crippen LogP contribution in [0, 0.1) is 20.8 Å². The summed E-state index contributed by atoms with van der Waals surface area (Å²) in [6.07, 6.45) is 0. The first-order chi connectivity index (χ1) is 7.21. The molecular weight excluding hydrogens is 224 g/mol. The van der Waals surface area contributed by atoms with Crippen molar-refractivity contribution in [1.29, 1.82) is 0 Å². The molecule has 0 spiro atoms. The van der Waals surface area contributed by atoms with Crippen molar-refractivity contribution >= 4 is 11.6 Å². The molecule has 0 aromatic heterocycles. The Labute approximate surface area is 102 Å². The molecule has 0 saturated carbocycles. The fourth-order valence-corrected chi connectivity index (χ4v) is 2.56. The molecule has 0 amide bonds. The fraction of sp³-hybridized carbons (Fsp3) is 0.538. The second kappa shape index (κ2) is 4.27. The normalized spacial score (nSPS) is 11.8. The lowest BCUT2D eigenvalue weighted by Crippen LogP contribution is -2.20. The first-order valence-corrected chi connectivity index (χ1v) is 5.65. The quantitative estimate of drug-likeness (QED) is 0.860. The Morgan fingerprint density at radius 1 is 1.06 bits per heavy atom. The van der Waals surface area contributed by atoms with Crippen LogP contribution in [-0.2, 0) is 5.60 Å². The minimum absolute atomic E-state index is 0.586. The topological polar surface area (TPSA) is 29.5 Å². The third kappa shape index (κ3) is 2.04. The van der Waals surface area contributed by atoms with E-state index in [-0.39, 0.29) is 0 Å². The Morgan fingerprint density at radius 3 is 1.94 bits per heavy atom. The van der Waals surface area contributed by atoms with E-state index in [1.807, 2.05) is 20.8 Å². The fourth-order valence-electron chi connectivity index (χ4n) is 2.24. The molecule has 0 aliphatic rings. The van der Waals surface area contributed by atoms with E-state index in [4.69, 9.17) is 16.3 Å². The molecule has 2 nitrogen and oxygen atoms in total. The van der Waals surface area contributed by atoms with Crippen LogP contribution in [0.5, 0.6) is 5.75 Å². The molecule has 16 heavy (non-hydrogen) atoms. The van der Waals surface area contributed by atoms with E-state index in [9.17, 15) is 5.11 Å². The van der Waals surface area contributed by atoms with Gasteiger partial charge in [-0.05, 0) is 56.9 Å². The van der Waals surface area contributed by atoms with Gasteiger partial charge in [0.15, 0.2) is 0 Å². The molecule has 0 fully saturated rings. The van der Waals surface area contributed by atoms with Gasteiger partial charge >= 0.3 is 0 Å². The first kappa shape index (κ1) is 13.3. The van der Waals surface area contributed by atoms with Gasteiger partial charge in [-0.1, -0.05) is 11.6 Å². The zero-order chi connectivity index (χ0) is 12.7. The average molecular weight is 243 g/mol. The van der Waals surface area contributed by atoms with E-state index in [1.54, 1.807) is 21.0 Å². The summed E-state index contributed by atoms with van der Waals surface area (Å²) in [4.78, 5) is 0. The largest absolute Gasteiger partial charge is 0.495 e. The Morgan fingerprint density at radius 2 is 1.56 bits per heavy atom. The lowest BCUT2D eigenvalue weighted by atomic mass is 9.87. The van der Waals surface area contributed by atoms with Crippen molar-refractivity contribution < 1.29 is 9.84 Å². The highest BCUT2D eigenvalue weighted by atomic mass is 35.5. The summed E-state index contributed by atoms with van der Waals surface area (Å²) in [6, 6.07) is 0. The van der Waals surface area contributed by atoms with Crippen LogP contribution in [0.3, 0.4) is 0 Å². The van der Waals surface area contributed by atoms with Crippen LogP contribution in [0.15, 0.2) is 0 Å². The molecule has 0 aliphatic heterocycles. The van der Waals surface area contributed by atoms with Crippen LogP contribution in [0.25, 0.3) is 0 Å². The van der Waals surface area contributed by atoms with Gasteiger partial charge in [-0.3, -0.25) is 0 Å². The van der Waals surface area contributed by atoms with Crippen molar-refractivity contribution in [2.24, 2.45) is 0 Å². The third-order valence-corrected chi connectivity index (χ3v) is 3.45. The number of hydrogen-bond donors (Lipinski definition) is 1. The van der Waals surface area contributed by atoms with Gasteiger partial charge in [-0.2, -0.15) is 0 Å². The van der Waals surface area contributed by atoms with Gasteiger partial charge in [-0.15, -0.1) is 0 Å². The molecule has 0 saturated heterocycles. The van der Waals surface area contributed by atoms with Crippen LogP contribution in [-0.4, -0.2) is 12.2 Å². The molecule has 1 N–H and O–H groups in total. The lowest BCUT2D eigenvalue weighted by Gasteiger charge is -2.26. The van der Waals surface area contributed by atoms with E-state index >= 15 is 0 Å². The molecule has 0 radical (unpaired) electrons. The van der Waals surface area contributed by atoms with Gasteiger partial charge in [0.05, 0.1) is 17.7 Å². The summed E-state index contributed by atoms with van der Waals surface area (Å²) >= 11 is 6.25. The predicted octanol–water partition coefficient (Wildman–Crippen LogP) is 3.50. The molecule has 0 heterocycles. The van der Waals surface area contributed by atoms with Crippen molar-refractivity contribution in [3.8, 4) is 5.75 Å². The Hall–Kier alpha value is -0.730. The van der Waals surface area contributed by atoms with Crippen LogP contribution in [0.1, 0.15) is 36.1 Å². The van der Waals surface area contributed by atoms with Crippen molar-refractivity contribution in [1.82, 2.24) is 0 Å². The van der Waals surface area contributed by atoms with Crippen molar-refractivity contribution in [3.05, 3.63) is 27.3 Å². The highest BCUT2D eigenvalue weighted by Crippen LogP contribution is 2.40. The Kier molecular flexibility index (Phi) is 3.56. The van der Waals surface area contributed by atoms with Gasteiger partial charge in [-0.25, -0.2) is 0 Å². The molecule has 3 heteroatoms. The molecule has 0 aliphatic carbocycles. The number of halogens is 1. The van der Waals surface area contributed by atoms with Gasteiger partial charge in [0.1, 0.15) is 5.75 Å². The zero-order valence-electron chi connectivity index (χ0n) is 10.7. The second-order valence-electron chi connectivity index (χ2n) is 4.66. The van der Waals surface area contributed by atoms with Gasteiger partial charge in [0.2, 0.25) is 0 Å². The Bertz CT molecular complexity index is 388. The maximum atomic E-state index is 10.2. The van der Waals surface area contributed by atoms with E-state index < -0.39 is 5.60 Å². The number of benzene rings is 1. The molecule has 0 atom stereocenters. The summed E-state index contributed by atoms with van der Waals surface area (Å²) in [7, 11) is 1.61. The SMILES string of the molecule is COc1c(C)c(C)c(C(C)(C)O)c(C)c1Cl. The lowest BCUT2D eigenvalue weighted by molar-refractivity contribution is 0.0771. The minimum atomic E-state index is -0.894. The molecular formula is C13H19ClO2. The minimum Gasteiger partial charge on any atom is -0.495 e. The van der Waals surface area contributed by atoms with Crippen LogP contribution in [0.4, 0.5) is 0 Å². The first-order valence-electron chi connectivity index (χ1n) is 5.27. The smallest absolute Gasteiger partial charge is 0.140 e. The Balaban J connectivity index is 3.67. The van der Waals surface area contributed by atoms with Crippen LogP contribution >= 0.6 is 11.6 Å². The van der Waals surface area contributed by atoms with Gasteiger partial charge < -0.3 is 9.84 Å². The molecule has 0 bridgehead atoms. The number of rotatable bonds is 2. The maximum absolute atomic E-state index is 10.2.